The molecule has 0 amide bonds. The molecule has 1 N–H and O–H groups in total. The summed E-state index contributed by atoms with van der Waals surface area (Å²) in [5.74, 6) is 0. The molecule has 0 fully saturated rings. The molecule has 3 heteroatoms. The van der Waals surface area contributed by atoms with E-state index in [0.29, 0.717) is 12.1 Å². The van der Waals surface area contributed by atoms with Gasteiger partial charge in [-0.2, -0.15) is 5.26 Å². The number of rotatable bonds is 3. The minimum atomic E-state index is 0.666. The summed E-state index contributed by atoms with van der Waals surface area (Å²) in [5.41, 5.74) is 3.94. The van der Waals surface area contributed by atoms with Crippen molar-refractivity contribution in [2.45, 2.75) is 13.5 Å². The Balaban J connectivity index is 2.10. The number of benzene rings is 2. The molecule has 2 rings (SSSR count). The van der Waals surface area contributed by atoms with E-state index < -0.39 is 0 Å². The first-order chi connectivity index (χ1) is 8.69. The van der Waals surface area contributed by atoms with Crippen molar-refractivity contribution < 1.29 is 0 Å². The average Bonchev–Trinajstić information content (AvgIpc) is 2.40. The fourth-order valence-corrected chi connectivity index (χ4v) is 1.81. The van der Waals surface area contributed by atoms with E-state index in [1.54, 1.807) is 0 Å². The van der Waals surface area contributed by atoms with E-state index in [0.717, 1.165) is 21.8 Å². The predicted molar refractivity (Wildman–Crippen MR) is 74.7 cm³/mol. The molecular weight excluding hydrogens is 244 g/mol. The number of nitriles is 1. The van der Waals surface area contributed by atoms with Gasteiger partial charge in [-0.25, -0.2) is 0 Å². The summed E-state index contributed by atoms with van der Waals surface area (Å²) in [6.45, 7) is 2.73. The van der Waals surface area contributed by atoms with Crippen molar-refractivity contribution in [3.8, 4) is 6.07 Å². The maximum atomic E-state index is 8.88. The summed E-state index contributed by atoms with van der Waals surface area (Å²) in [6, 6.07) is 15.5. The van der Waals surface area contributed by atoms with Crippen LogP contribution >= 0.6 is 11.6 Å². The van der Waals surface area contributed by atoms with E-state index in [9.17, 15) is 0 Å². The van der Waals surface area contributed by atoms with Crippen molar-refractivity contribution in [3.05, 3.63) is 64.2 Å². The molecule has 0 aliphatic carbocycles. The number of halogens is 1. The summed E-state index contributed by atoms with van der Waals surface area (Å²) >= 11 is 5.84. The van der Waals surface area contributed by atoms with Crippen molar-refractivity contribution in [3.63, 3.8) is 0 Å². The van der Waals surface area contributed by atoms with Gasteiger partial charge in [-0.15, -0.1) is 0 Å². The largest absolute Gasteiger partial charge is 0.381 e. The lowest BCUT2D eigenvalue weighted by atomic mass is 10.1. The maximum Gasteiger partial charge on any atom is 0.0992 e. The third-order valence-electron chi connectivity index (χ3n) is 2.76. The van der Waals surface area contributed by atoms with Crippen LogP contribution in [0.1, 0.15) is 16.7 Å². The third-order valence-corrected chi connectivity index (χ3v) is 3.01. The topological polar surface area (TPSA) is 35.8 Å². The van der Waals surface area contributed by atoms with Gasteiger partial charge in [0, 0.05) is 17.3 Å². The van der Waals surface area contributed by atoms with E-state index in [1.807, 2.05) is 49.4 Å². The SMILES string of the molecule is Cc1ccc(C#N)cc1NCc1ccc(Cl)cc1. The number of nitrogens with zero attached hydrogens (tertiary/aromatic N) is 1. The smallest absolute Gasteiger partial charge is 0.0992 e. The Hall–Kier alpha value is -1.98. The molecule has 0 spiro atoms. The van der Waals surface area contributed by atoms with Crippen molar-refractivity contribution in [2.24, 2.45) is 0 Å². The number of hydrogen-bond donors (Lipinski definition) is 1. The van der Waals surface area contributed by atoms with Gasteiger partial charge < -0.3 is 5.32 Å². The Kier molecular flexibility index (Phi) is 3.86. The van der Waals surface area contributed by atoms with Gasteiger partial charge in [0.1, 0.15) is 0 Å². The van der Waals surface area contributed by atoms with Gasteiger partial charge in [-0.05, 0) is 42.3 Å². The fourth-order valence-electron chi connectivity index (χ4n) is 1.68. The fraction of sp³-hybridized carbons (Fsp3) is 0.133. The minimum absolute atomic E-state index is 0.666. The van der Waals surface area contributed by atoms with E-state index in [4.69, 9.17) is 16.9 Å². The Morgan fingerprint density at radius 1 is 1.17 bits per heavy atom. The summed E-state index contributed by atoms with van der Waals surface area (Å²) in [7, 11) is 0. The van der Waals surface area contributed by atoms with E-state index >= 15 is 0 Å². The summed E-state index contributed by atoms with van der Waals surface area (Å²) in [5, 5.41) is 12.9. The van der Waals surface area contributed by atoms with Gasteiger partial charge >= 0.3 is 0 Å². The Morgan fingerprint density at radius 2 is 1.89 bits per heavy atom. The van der Waals surface area contributed by atoms with Crippen LogP contribution in [0.3, 0.4) is 0 Å². The quantitative estimate of drug-likeness (QED) is 0.896. The summed E-state index contributed by atoms with van der Waals surface area (Å²) < 4.78 is 0. The second-order valence-electron chi connectivity index (χ2n) is 4.12. The number of hydrogen-bond acceptors (Lipinski definition) is 2. The predicted octanol–water partition coefficient (Wildman–Crippen LogP) is 4.13. The monoisotopic (exact) mass is 256 g/mol. The number of nitrogens with one attached hydrogen (secondary N) is 1. The summed E-state index contributed by atoms with van der Waals surface area (Å²) in [6.07, 6.45) is 0. The van der Waals surface area contributed by atoms with E-state index in [1.165, 1.54) is 0 Å². The highest BCUT2D eigenvalue weighted by atomic mass is 35.5. The Labute approximate surface area is 112 Å². The molecule has 0 aliphatic rings. The van der Waals surface area contributed by atoms with Gasteiger partial charge in [0.15, 0.2) is 0 Å². The van der Waals surface area contributed by atoms with Gasteiger partial charge in [-0.1, -0.05) is 29.8 Å². The van der Waals surface area contributed by atoms with Gasteiger partial charge in [-0.3, -0.25) is 0 Å². The van der Waals surface area contributed by atoms with Crippen LogP contribution in [0.25, 0.3) is 0 Å². The lowest BCUT2D eigenvalue weighted by Gasteiger charge is -2.10. The first-order valence-electron chi connectivity index (χ1n) is 5.68. The van der Waals surface area contributed by atoms with Gasteiger partial charge in [0.25, 0.3) is 0 Å². The molecule has 0 unspecified atom stereocenters. The molecule has 0 heterocycles. The molecule has 2 aromatic carbocycles. The first kappa shape index (κ1) is 12.5. The second kappa shape index (κ2) is 5.57. The molecule has 2 nitrogen and oxygen atoms in total. The standard InChI is InChI=1S/C15H13ClN2/c1-11-2-3-13(9-17)8-15(11)18-10-12-4-6-14(16)7-5-12/h2-8,18H,10H2,1H3. The molecule has 18 heavy (non-hydrogen) atoms. The highest BCUT2D eigenvalue weighted by Crippen LogP contribution is 2.18. The highest BCUT2D eigenvalue weighted by molar-refractivity contribution is 6.30. The molecule has 0 atom stereocenters. The zero-order valence-corrected chi connectivity index (χ0v) is 10.8. The van der Waals surface area contributed by atoms with Crippen molar-refractivity contribution in [1.82, 2.24) is 0 Å². The molecule has 0 bridgehead atoms. The zero-order chi connectivity index (χ0) is 13.0. The minimum Gasteiger partial charge on any atom is -0.381 e. The molecule has 0 saturated carbocycles. The van der Waals surface area contributed by atoms with E-state index in [-0.39, 0.29) is 0 Å². The van der Waals surface area contributed by atoms with Crippen LogP contribution in [-0.2, 0) is 6.54 Å². The summed E-state index contributed by atoms with van der Waals surface area (Å²) in [4.78, 5) is 0. The molecule has 0 aliphatic heterocycles. The Bertz CT molecular complexity index is 582. The molecular formula is C15H13ClN2. The first-order valence-corrected chi connectivity index (χ1v) is 6.06. The second-order valence-corrected chi connectivity index (χ2v) is 4.56. The third kappa shape index (κ3) is 3.03. The van der Waals surface area contributed by atoms with Crippen LogP contribution in [0, 0.1) is 18.3 Å². The highest BCUT2D eigenvalue weighted by Gasteiger charge is 2.00. The van der Waals surface area contributed by atoms with E-state index in [2.05, 4.69) is 11.4 Å². The van der Waals surface area contributed by atoms with Crippen LogP contribution in [-0.4, -0.2) is 0 Å². The molecule has 90 valence electrons. The number of aryl methyl sites for hydroxylation is 1. The van der Waals surface area contributed by atoms with Gasteiger partial charge in [0.05, 0.1) is 11.6 Å². The van der Waals surface area contributed by atoms with Crippen molar-refractivity contribution in [2.75, 3.05) is 5.32 Å². The van der Waals surface area contributed by atoms with Crippen molar-refractivity contribution in [1.29, 1.82) is 5.26 Å². The molecule has 2 aromatic rings. The molecule has 0 saturated heterocycles. The van der Waals surface area contributed by atoms with Crippen LogP contribution < -0.4 is 5.32 Å². The normalized spacial score (nSPS) is 9.83. The lowest BCUT2D eigenvalue weighted by Crippen LogP contribution is -2.01. The molecule has 0 radical (unpaired) electrons. The van der Waals surface area contributed by atoms with Crippen LogP contribution in [0.4, 0.5) is 5.69 Å². The average molecular weight is 257 g/mol. The van der Waals surface area contributed by atoms with Gasteiger partial charge in [0.2, 0.25) is 0 Å². The zero-order valence-electron chi connectivity index (χ0n) is 10.1. The van der Waals surface area contributed by atoms with Crippen LogP contribution in [0.15, 0.2) is 42.5 Å². The van der Waals surface area contributed by atoms with Crippen LogP contribution in [0.2, 0.25) is 5.02 Å². The lowest BCUT2D eigenvalue weighted by molar-refractivity contribution is 1.14. The molecule has 0 aromatic heterocycles. The number of anilines is 1. The van der Waals surface area contributed by atoms with Crippen molar-refractivity contribution >= 4 is 17.3 Å². The Morgan fingerprint density at radius 3 is 2.56 bits per heavy atom. The maximum absolute atomic E-state index is 8.88. The van der Waals surface area contributed by atoms with Crippen LogP contribution in [0.5, 0.6) is 0 Å².